The van der Waals surface area contributed by atoms with E-state index >= 15 is 0 Å². The summed E-state index contributed by atoms with van der Waals surface area (Å²) in [7, 11) is 9.88. The van der Waals surface area contributed by atoms with Crippen LogP contribution >= 0.6 is 0 Å². The van der Waals surface area contributed by atoms with E-state index < -0.39 is 0 Å². The van der Waals surface area contributed by atoms with Crippen LogP contribution in [0.2, 0.25) is 0 Å². The molecule has 0 amide bonds. The summed E-state index contributed by atoms with van der Waals surface area (Å²) in [5, 5.41) is 0. The summed E-state index contributed by atoms with van der Waals surface area (Å²) in [5.41, 5.74) is 0. The largest absolute Gasteiger partial charge is 0.466 e. The van der Waals surface area contributed by atoms with Crippen molar-refractivity contribution in [3.05, 3.63) is 0 Å². The van der Waals surface area contributed by atoms with Crippen molar-refractivity contribution in [3.63, 3.8) is 0 Å². The van der Waals surface area contributed by atoms with Gasteiger partial charge in [0.25, 0.3) is 0 Å². The van der Waals surface area contributed by atoms with Gasteiger partial charge in [0.15, 0.2) is 0 Å². The molecule has 24 heteroatoms. The Labute approximate surface area is 583 Å². The van der Waals surface area contributed by atoms with E-state index in [1.54, 1.807) is 56.5 Å². The summed E-state index contributed by atoms with van der Waals surface area (Å²) in [6.07, 6.45) is 11.2. The van der Waals surface area contributed by atoms with Crippen molar-refractivity contribution in [1.29, 1.82) is 0 Å². The monoisotopic (exact) mass is 1390 g/mol. The first-order valence-electron chi connectivity index (χ1n) is 31.3. The quantitative estimate of drug-likeness (QED) is 0.0310. The van der Waals surface area contributed by atoms with Gasteiger partial charge in [-0.2, -0.15) is 0 Å². The number of carbonyl (C=O) groups excluding carboxylic acids is 12. The van der Waals surface area contributed by atoms with Crippen molar-refractivity contribution < 1.29 is 114 Å². The molecule has 0 rings (SSSR count). The Kier molecular flexibility index (Phi) is 105. The minimum Gasteiger partial charge on any atom is -0.466 e. The molecule has 0 heterocycles. The predicted molar refractivity (Wildman–Crippen MR) is 380 cm³/mol. The van der Waals surface area contributed by atoms with Gasteiger partial charge < -0.3 is 85.6 Å². The van der Waals surface area contributed by atoms with E-state index in [-0.39, 0.29) is 203 Å². The molecule has 0 spiro atoms. The van der Waals surface area contributed by atoms with Crippen LogP contribution < -0.4 is 0 Å². The maximum atomic E-state index is 11.3. The third-order valence-electron chi connectivity index (χ3n) is 12.2. The number of hydrogen-bond acceptors (Lipinski definition) is 24. The number of unbranched alkanes of at least 4 members (excludes halogenated alkanes) is 2. The lowest BCUT2D eigenvalue weighted by atomic mass is 10.1. The van der Waals surface area contributed by atoms with Crippen LogP contribution in [0.5, 0.6) is 0 Å². The lowest BCUT2D eigenvalue weighted by molar-refractivity contribution is -0.150. The van der Waals surface area contributed by atoms with Crippen molar-refractivity contribution in [2.24, 2.45) is 23.7 Å². The second-order valence-electron chi connectivity index (χ2n) is 22.1. The normalized spacial score (nSPS) is 11.4. The topological polar surface area (TPSA) is 316 Å². The molecule has 0 aromatic carbocycles. The molecule has 0 bridgehead atoms. The minimum atomic E-state index is -0.329. The Morgan fingerprint density at radius 1 is 0.271 bits per heavy atom. The highest BCUT2D eigenvalue weighted by Gasteiger charge is 2.18. The molecule has 0 fully saturated rings. The van der Waals surface area contributed by atoms with Crippen LogP contribution in [0.1, 0.15) is 256 Å². The highest BCUT2D eigenvalue weighted by molar-refractivity contribution is 5.84. The molecule has 96 heavy (non-hydrogen) atoms. The molecule has 0 saturated heterocycles. The fourth-order valence-corrected chi connectivity index (χ4v) is 6.38. The van der Waals surface area contributed by atoms with Crippen molar-refractivity contribution in [2.45, 2.75) is 268 Å². The van der Waals surface area contributed by atoms with Gasteiger partial charge in [0.05, 0.1) is 89.4 Å². The first-order chi connectivity index (χ1) is 42.4. The predicted octanol–water partition coefficient (Wildman–Crippen LogP) is 13.5. The summed E-state index contributed by atoms with van der Waals surface area (Å²) in [6.45, 7) is 25.3. The Balaban J connectivity index is -0.0000000871. The van der Waals surface area contributed by atoms with Gasteiger partial charge in [0.1, 0.15) is 34.7 Å². The molecule has 0 radical (unpaired) electrons. The van der Waals surface area contributed by atoms with Crippen LogP contribution in [0.4, 0.5) is 0 Å². The fourth-order valence-electron chi connectivity index (χ4n) is 6.38. The maximum Gasteiger partial charge on any atom is 0.309 e. The Bertz CT molecular complexity index is 1760. The Morgan fingerprint density at radius 3 is 0.740 bits per heavy atom. The molecule has 0 aromatic rings. The summed E-state index contributed by atoms with van der Waals surface area (Å²) < 4.78 is 59.6. The van der Waals surface area contributed by atoms with E-state index in [1.165, 1.54) is 41.5 Å². The first-order valence-corrected chi connectivity index (χ1v) is 31.3. The van der Waals surface area contributed by atoms with E-state index in [0.29, 0.717) is 77.9 Å². The summed E-state index contributed by atoms with van der Waals surface area (Å²) >= 11 is 0. The second kappa shape index (κ2) is 85.7. The van der Waals surface area contributed by atoms with Gasteiger partial charge in [-0.1, -0.05) is 72.3 Å². The highest BCUT2D eigenvalue weighted by atomic mass is 16.6. The maximum absolute atomic E-state index is 11.3. The van der Waals surface area contributed by atoms with E-state index in [1.807, 2.05) is 27.7 Å². The van der Waals surface area contributed by atoms with Crippen molar-refractivity contribution in [2.75, 3.05) is 109 Å². The molecule has 6 atom stereocenters. The molecule has 0 N–H and O–H groups in total. The Hall–Kier alpha value is -5.40. The molecule has 6 unspecified atom stereocenters. The zero-order chi connectivity index (χ0) is 70.1. The molecule has 0 aliphatic heterocycles. The van der Waals surface area contributed by atoms with Gasteiger partial charge in [-0.25, -0.2) is 0 Å². The number of esters is 6. The van der Waals surface area contributed by atoms with E-state index in [0.717, 1.165) is 64.2 Å². The fraction of sp³-hybridized carbons (Fsp3) is 0.833. The second-order valence-corrected chi connectivity index (χ2v) is 22.1. The summed E-state index contributed by atoms with van der Waals surface area (Å²) in [4.78, 5) is 131. The van der Waals surface area contributed by atoms with Crippen LogP contribution in [0.25, 0.3) is 0 Å². The number of ether oxygens (including phenoxy) is 12. The van der Waals surface area contributed by atoms with E-state index in [2.05, 4.69) is 0 Å². The molecule has 0 aliphatic carbocycles. The Morgan fingerprint density at radius 2 is 0.510 bits per heavy atom. The molecule has 0 saturated carbocycles. The third-order valence-corrected chi connectivity index (χ3v) is 12.2. The minimum absolute atomic E-state index is 0. The zero-order valence-corrected chi connectivity index (χ0v) is 58.5. The number of rotatable bonds is 48. The van der Waals surface area contributed by atoms with E-state index in [9.17, 15) is 57.5 Å². The number of methoxy groups -OCH3 is 6. The third kappa shape index (κ3) is 105. The van der Waals surface area contributed by atoms with Crippen LogP contribution in [0, 0.1) is 23.7 Å². The summed E-state index contributed by atoms with van der Waals surface area (Å²) in [5.74, 6) is -1.75. The standard InChI is InChI=1S/6C11H20O4.6CH4/c2*1-9(6-7-14-3)8-15-11(13)5-4-10(2)12;2*1-9(12)6-7-11(13)15-8-4-5-10(2)14-3;2*1-9(8-10(2)12)11(13)15-7-5-4-6-14-3;;;;;;/h2*9H,4-8H2,1-3H3;2*10H,4-8H2,1-3H3;2*9H,4-8H2,1-3H3;6*1H4. The number of Topliss-reactive ketones (excluding diaryl/α,β-unsaturated/α-hetero) is 6. The number of ketones is 6. The van der Waals surface area contributed by atoms with Crippen molar-refractivity contribution >= 4 is 70.5 Å². The molecule has 0 aromatic heterocycles. The van der Waals surface area contributed by atoms with E-state index in [4.69, 9.17) is 56.8 Å². The van der Waals surface area contributed by atoms with Crippen LogP contribution in [0.15, 0.2) is 0 Å². The van der Waals surface area contributed by atoms with Gasteiger partial charge >= 0.3 is 35.8 Å². The molecular formula is C72H144O24. The number of carbonyl (C=O) groups is 12. The van der Waals surface area contributed by atoms with Crippen LogP contribution in [0.3, 0.4) is 0 Å². The van der Waals surface area contributed by atoms with Gasteiger partial charge in [-0.3, -0.25) is 28.8 Å². The lowest BCUT2D eigenvalue weighted by Crippen LogP contribution is -2.17. The molecule has 24 nitrogen and oxygen atoms in total. The first kappa shape index (κ1) is 118. The van der Waals surface area contributed by atoms with Crippen molar-refractivity contribution in [3.8, 4) is 0 Å². The average molecular weight is 1390 g/mol. The lowest BCUT2D eigenvalue weighted by Gasteiger charge is -2.11. The van der Waals surface area contributed by atoms with Crippen LogP contribution in [-0.4, -0.2) is 191 Å². The van der Waals surface area contributed by atoms with Crippen LogP contribution in [-0.2, 0) is 114 Å². The zero-order valence-electron chi connectivity index (χ0n) is 58.5. The van der Waals surface area contributed by atoms with Gasteiger partial charge in [-0.15, -0.1) is 0 Å². The SMILES string of the molecule is C.C.C.C.C.C.COC(C)CCCOC(=O)CCC(C)=O.COC(C)CCCOC(=O)CCC(C)=O.COCCC(C)COC(=O)CCC(C)=O.COCCC(C)COC(=O)CCC(C)=O.COCCCCOC(=O)C(C)CC(C)=O.COCCCCOC(=O)C(C)CC(C)=O. The van der Waals surface area contributed by atoms with Gasteiger partial charge in [-0.05, 0) is 131 Å². The molecule has 0 aliphatic rings. The molecular weight excluding hydrogens is 1250 g/mol. The smallest absolute Gasteiger partial charge is 0.309 e. The van der Waals surface area contributed by atoms with Gasteiger partial charge in [0, 0.05) is 108 Å². The highest BCUT2D eigenvalue weighted by Crippen LogP contribution is 2.10. The van der Waals surface area contributed by atoms with Gasteiger partial charge in [0.2, 0.25) is 0 Å². The number of hydrogen-bond donors (Lipinski definition) is 0. The summed E-state index contributed by atoms with van der Waals surface area (Å²) in [6, 6.07) is 0. The molecule has 576 valence electrons. The average Bonchev–Trinajstić information content (AvgIpc) is 3.33. The van der Waals surface area contributed by atoms with Crippen molar-refractivity contribution in [1.82, 2.24) is 0 Å².